The van der Waals surface area contributed by atoms with E-state index in [9.17, 15) is 19.5 Å². The number of carboxylic acid groups (broad SMARTS) is 1. The molecule has 4 saturated carbocycles. The van der Waals surface area contributed by atoms with Crippen LogP contribution < -0.4 is 15.4 Å². The number of nitrogens with one attached hydrogen (secondary N) is 2. The summed E-state index contributed by atoms with van der Waals surface area (Å²) in [5, 5.41) is 20.3. The SMILES string of the molecule is CC(=O)NC(C)(C)/C=C/n1ncc(C(=O)N[C@H]2C3CC4CC2C[C@](C(=O)O)(C4)C3)c1OCC(C)C. The first-order valence-electron chi connectivity index (χ1n) is 12.6. The van der Waals surface area contributed by atoms with Crippen LogP contribution in [0.25, 0.3) is 6.20 Å². The number of amides is 2. The van der Waals surface area contributed by atoms with Gasteiger partial charge in [0.05, 0.1) is 23.8 Å². The van der Waals surface area contributed by atoms with E-state index < -0.39 is 16.9 Å². The Morgan fingerprint density at radius 1 is 1.26 bits per heavy atom. The number of carboxylic acids is 1. The zero-order chi connectivity index (χ0) is 25.5. The summed E-state index contributed by atoms with van der Waals surface area (Å²) >= 11 is 0. The first-order valence-corrected chi connectivity index (χ1v) is 12.6. The molecule has 4 bridgehead atoms. The van der Waals surface area contributed by atoms with E-state index in [4.69, 9.17) is 4.74 Å². The average Bonchev–Trinajstić information content (AvgIpc) is 3.15. The van der Waals surface area contributed by atoms with Crippen molar-refractivity contribution in [2.45, 2.75) is 78.3 Å². The van der Waals surface area contributed by atoms with E-state index >= 15 is 0 Å². The van der Waals surface area contributed by atoms with Crippen LogP contribution in [0.4, 0.5) is 0 Å². The highest BCUT2D eigenvalue weighted by Gasteiger charge is 2.59. The van der Waals surface area contributed by atoms with Gasteiger partial charge in [-0.05, 0) is 75.7 Å². The van der Waals surface area contributed by atoms with Gasteiger partial charge in [0.2, 0.25) is 11.8 Å². The maximum absolute atomic E-state index is 13.4. The Labute approximate surface area is 206 Å². The monoisotopic (exact) mass is 486 g/mol. The highest BCUT2D eigenvalue weighted by atomic mass is 16.5. The second-order valence-electron chi connectivity index (χ2n) is 11.8. The van der Waals surface area contributed by atoms with E-state index in [1.165, 1.54) is 17.8 Å². The van der Waals surface area contributed by atoms with Crippen molar-refractivity contribution in [3.05, 3.63) is 17.8 Å². The highest BCUT2D eigenvalue weighted by Crippen LogP contribution is 2.60. The molecule has 1 aromatic heterocycles. The van der Waals surface area contributed by atoms with Gasteiger partial charge in [0, 0.05) is 19.2 Å². The molecule has 5 rings (SSSR count). The molecule has 4 fully saturated rings. The van der Waals surface area contributed by atoms with Gasteiger partial charge in [-0.25, -0.2) is 4.68 Å². The molecule has 0 aromatic carbocycles. The van der Waals surface area contributed by atoms with Gasteiger partial charge in [0.1, 0.15) is 5.56 Å². The molecule has 2 unspecified atom stereocenters. The van der Waals surface area contributed by atoms with Gasteiger partial charge in [-0.2, -0.15) is 5.10 Å². The van der Waals surface area contributed by atoms with Gasteiger partial charge in [-0.15, -0.1) is 0 Å². The lowest BCUT2D eigenvalue weighted by molar-refractivity contribution is -0.166. The van der Waals surface area contributed by atoms with Crippen molar-refractivity contribution in [3.63, 3.8) is 0 Å². The fourth-order valence-electron chi connectivity index (χ4n) is 6.51. The van der Waals surface area contributed by atoms with Crippen LogP contribution in [0, 0.1) is 29.1 Å². The van der Waals surface area contributed by atoms with Crippen LogP contribution in [0.1, 0.15) is 77.1 Å². The maximum atomic E-state index is 13.4. The molecule has 2 amide bonds. The minimum Gasteiger partial charge on any atom is -0.481 e. The Balaban J connectivity index is 1.54. The summed E-state index contributed by atoms with van der Waals surface area (Å²) in [4.78, 5) is 36.9. The molecule has 0 aliphatic heterocycles. The predicted molar refractivity (Wildman–Crippen MR) is 131 cm³/mol. The number of hydrogen-bond donors (Lipinski definition) is 3. The Hall–Kier alpha value is -2.84. The lowest BCUT2D eigenvalue weighted by Gasteiger charge is -2.58. The smallest absolute Gasteiger partial charge is 0.309 e. The fraction of sp³-hybridized carbons (Fsp3) is 0.692. The molecule has 4 aliphatic rings. The molecule has 0 saturated heterocycles. The summed E-state index contributed by atoms with van der Waals surface area (Å²) < 4.78 is 7.54. The van der Waals surface area contributed by atoms with Crippen molar-refractivity contribution >= 4 is 24.0 Å². The molecule has 1 heterocycles. The summed E-state index contributed by atoms with van der Waals surface area (Å²) in [6, 6.07) is -0.0259. The highest BCUT2D eigenvalue weighted by molar-refractivity contribution is 5.96. The van der Waals surface area contributed by atoms with Crippen molar-refractivity contribution < 1.29 is 24.2 Å². The standard InChI is InChI=1S/C26H38N4O5/c1-15(2)14-35-23-20(13-27-30(23)7-6-25(4,5)29-16(3)31)22(32)28-21-18-8-17-9-19(21)12-26(10-17,11-18)24(33)34/h6-7,13,15,17-19,21H,8-12,14H2,1-5H3,(H,28,32)(H,29,31)(H,33,34)/b7-6+/t17?,18?,19?,21-,26-. The van der Waals surface area contributed by atoms with Gasteiger partial charge in [0.25, 0.3) is 5.91 Å². The summed E-state index contributed by atoms with van der Waals surface area (Å²) in [5.74, 6) is 0.373. The van der Waals surface area contributed by atoms with Crippen molar-refractivity contribution in [1.82, 2.24) is 20.4 Å². The molecule has 1 aromatic rings. The molecule has 2 atom stereocenters. The molecule has 9 heteroatoms. The third-order valence-corrected chi connectivity index (χ3v) is 7.70. The van der Waals surface area contributed by atoms with Crippen LogP contribution in [0.3, 0.4) is 0 Å². The number of carbonyl (C=O) groups is 3. The van der Waals surface area contributed by atoms with Gasteiger partial charge in [-0.3, -0.25) is 14.4 Å². The second-order valence-corrected chi connectivity index (χ2v) is 11.8. The molecular weight excluding hydrogens is 448 g/mol. The number of aliphatic carboxylic acids is 1. The Kier molecular flexibility index (Phi) is 6.72. The molecule has 35 heavy (non-hydrogen) atoms. The average molecular weight is 487 g/mol. The van der Waals surface area contributed by atoms with Crippen LogP contribution in [-0.4, -0.2) is 50.9 Å². The zero-order valence-electron chi connectivity index (χ0n) is 21.3. The van der Waals surface area contributed by atoms with E-state index in [-0.39, 0.29) is 35.6 Å². The lowest BCUT2D eigenvalue weighted by atomic mass is 9.48. The summed E-state index contributed by atoms with van der Waals surface area (Å²) in [5.41, 5.74) is -0.857. The minimum atomic E-state index is -0.679. The summed E-state index contributed by atoms with van der Waals surface area (Å²) in [6.07, 6.45) is 9.01. The van der Waals surface area contributed by atoms with Gasteiger partial charge < -0.3 is 20.5 Å². The van der Waals surface area contributed by atoms with E-state index in [0.717, 1.165) is 19.3 Å². The molecule has 3 N–H and O–H groups in total. The third kappa shape index (κ3) is 5.23. The number of carbonyl (C=O) groups excluding carboxylic acids is 2. The van der Waals surface area contributed by atoms with Crippen molar-refractivity contribution in [2.75, 3.05) is 6.61 Å². The topological polar surface area (TPSA) is 123 Å². The number of ether oxygens (including phenoxy) is 1. The normalized spacial score (nSPS) is 29.5. The van der Waals surface area contributed by atoms with E-state index in [1.807, 2.05) is 27.7 Å². The fourth-order valence-corrected chi connectivity index (χ4v) is 6.51. The van der Waals surface area contributed by atoms with Gasteiger partial charge in [0.15, 0.2) is 0 Å². The van der Waals surface area contributed by atoms with Crippen molar-refractivity contribution in [2.24, 2.45) is 29.1 Å². The minimum absolute atomic E-state index is 0.0259. The van der Waals surface area contributed by atoms with Crippen LogP contribution in [0.5, 0.6) is 5.88 Å². The Morgan fingerprint density at radius 3 is 2.49 bits per heavy atom. The van der Waals surface area contributed by atoms with Crippen molar-refractivity contribution in [3.8, 4) is 5.88 Å². The van der Waals surface area contributed by atoms with Gasteiger partial charge in [-0.1, -0.05) is 13.8 Å². The van der Waals surface area contributed by atoms with Crippen LogP contribution in [0.15, 0.2) is 12.3 Å². The first kappa shape index (κ1) is 25.3. The van der Waals surface area contributed by atoms with E-state index in [1.54, 1.807) is 12.3 Å². The summed E-state index contributed by atoms with van der Waals surface area (Å²) in [7, 11) is 0. The predicted octanol–water partition coefficient (Wildman–Crippen LogP) is 3.31. The van der Waals surface area contributed by atoms with E-state index in [0.29, 0.717) is 36.8 Å². The number of nitrogens with zero attached hydrogens (tertiary/aromatic N) is 2. The van der Waals surface area contributed by atoms with Crippen LogP contribution in [0.2, 0.25) is 0 Å². The van der Waals surface area contributed by atoms with Gasteiger partial charge >= 0.3 is 5.97 Å². The molecule has 192 valence electrons. The molecule has 0 spiro atoms. The first-order chi connectivity index (χ1) is 16.4. The molecular formula is C26H38N4O5. The lowest BCUT2D eigenvalue weighted by Crippen LogP contribution is -2.61. The van der Waals surface area contributed by atoms with Crippen LogP contribution in [-0.2, 0) is 9.59 Å². The second kappa shape index (κ2) is 9.32. The number of hydrogen-bond acceptors (Lipinski definition) is 5. The Morgan fingerprint density at radius 2 is 1.91 bits per heavy atom. The van der Waals surface area contributed by atoms with Crippen molar-refractivity contribution in [1.29, 1.82) is 0 Å². The molecule has 9 nitrogen and oxygen atoms in total. The third-order valence-electron chi connectivity index (χ3n) is 7.70. The zero-order valence-corrected chi connectivity index (χ0v) is 21.3. The van der Waals surface area contributed by atoms with E-state index in [2.05, 4.69) is 15.7 Å². The Bertz CT molecular complexity index is 1010. The van der Waals surface area contributed by atoms with Crippen LogP contribution >= 0.6 is 0 Å². The molecule has 0 radical (unpaired) electrons. The largest absolute Gasteiger partial charge is 0.481 e. The molecule has 4 aliphatic carbocycles. The number of rotatable bonds is 9. The maximum Gasteiger partial charge on any atom is 0.309 e. The number of aromatic nitrogens is 2. The quantitative estimate of drug-likeness (QED) is 0.492. The summed E-state index contributed by atoms with van der Waals surface area (Å²) in [6.45, 7) is 9.68.